The molecule has 0 radical (unpaired) electrons. The van der Waals surface area contributed by atoms with Crippen LogP contribution in [0.15, 0.2) is 48.5 Å². The molecule has 0 bridgehead atoms. The van der Waals surface area contributed by atoms with Gasteiger partial charge in [-0.3, -0.25) is 14.4 Å². The third-order valence-electron chi connectivity index (χ3n) is 7.58. The highest BCUT2D eigenvalue weighted by Crippen LogP contribution is 2.29. The lowest BCUT2D eigenvalue weighted by Gasteiger charge is -2.17. The number of aliphatic carboxylic acids is 1. The third kappa shape index (κ3) is 16.1. The lowest BCUT2D eigenvalue weighted by Crippen LogP contribution is -2.31. The second kappa shape index (κ2) is 22.6. The van der Waals surface area contributed by atoms with Gasteiger partial charge in [0, 0.05) is 18.2 Å². The molecule has 0 fully saturated rings. The number of esters is 1. The first-order valence-corrected chi connectivity index (χ1v) is 16.6. The minimum Gasteiger partial charge on any atom is -0.481 e. The van der Waals surface area contributed by atoms with E-state index in [1.54, 1.807) is 37.3 Å². The van der Waals surface area contributed by atoms with Crippen LogP contribution >= 0.6 is 0 Å². The quantitative estimate of drug-likeness (QED) is 0.0614. The van der Waals surface area contributed by atoms with Gasteiger partial charge in [0.2, 0.25) is 11.8 Å². The van der Waals surface area contributed by atoms with Crippen molar-refractivity contribution < 1.29 is 33.8 Å². The molecule has 0 aliphatic carbocycles. The maximum Gasteiger partial charge on any atom is 0.344 e. The van der Waals surface area contributed by atoms with Crippen molar-refractivity contribution in [3.05, 3.63) is 54.1 Å². The summed E-state index contributed by atoms with van der Waals surface area (Å²) in [7, 11) is 0. The number of hydrogen-bond donors (Lipinski definition) is 3. The van der Waals surface area contributed by atoms with Crippen LogP contribution in [0.4, 0.5) is 11.4 Å². The van der Waals surface area contributed by atoms with Crippen LogP contribution in [0.5, 0.6) is 5.75 Å². The van der Waals surface area contributed by atoms with Crippen LogP contribution in [0, 0.1) is 5.92 Å². The Bertz CT molecular complexity index is 1170. The average Bonchev–Trinajstić information content (AvgIpc) is 3.02. The van der Waals surface area contributed by atoms with E-state index in [0.717, 1.165) is 19.3 Å². The summed E-state index contributed by atoms with van der Waals surface area (Å²) >= 11 is 0. The van der Waals surface area contributed by atoms with Crippen LogP contribution in [0.25, 0.3) is 0 Å². The largest absolute Gasteiger partial charge is 0.481 e. The van der Waals surface area contributed by atoms with E-state index in [-0.39, 0.29) is 30.4 Å². The molecule has 2 amide bonds. The van der Waals surface area contributed by atoms with E-state index in [4.69, 9.17) is 9.47 Å². The van der Waals surface area contributed by atoms with Gasteiger partial charge in [0.05, 0.1) is 12.3 Å². The van der Waals surface area contributed by atoms with E-state index in [0.29, 0.717) is 17.7 Å². The maximum absolute atomic E-state index is 13.0. The molecule has 248 valence electrons. The van der Waals surface area contributed by atoms with Gasteiger partial charge in [0.15, 0.2) is 6.61 Å². The molecule has 0 aliphatic heterocycles. The molecule has 9 nitrogen and oxygen atoms in total. The molecule has 9 heteroatoms. The molecule has 1 atom stereocenters. The molecule has 0 saturated carbocycles. The Kier molecular flexibility index (Phi) is 18.7. The molecule has 1 unspecified atom stereocenters. The fourth-order valence-corrected chi connectivity index (χ4v) is 5.05. The van der Waals surface area contributed by atoms with Crippen molar-refractivity contribution in [2.75, 3.05) is 23.8 Å². The topological polar surface area (TPSA) is 131 Å². The minimum atomic E-state index is -1.34. The second-order valence-electron chi connectivity index (χ2n) is 11.4. The first-order valence-electron chi connectivity index (χ1n) is 16.6. The molecule has 0 spiro atoms. The summed E-state index contributed by atoms with van der Waals surface area (Å²) in [4.78, 5) is 49.5. The van der Waals surface area contributed by atoms with Crippen LogP contribution in [0.2, 0.25) is 0 Å². The highest BCUT2D eigenvalue weighted by molar-refractivity contribution is 6.05. The fourth-order valence-electron chi connectivity index (χ4n) is 5.05. The van der Waals surface area contributed by atoms with Gasteiger partial charge in [0.1, 0.15) is 11.7 Å². The predicted octanol–water partition coefficient (Wildman–Crippen LogP) is 7.93. The SMILES string of the molecule is CCCCCCCCCCCCCCCC(=O)Nc1ccc(NC(=O)C(Cc2ccccc2)C(=O)O)c(OCC(=O)OCC)c1. The van der Waals surface area contributed by atoms with Crippen LogP contribution in [0.3, 0.4) is 0 Å². The summed E-state index contributed by atoms with van der Waals surface area (Å²) in [6.07, 6.45) is 16.4. The maximum atomic E-state index is 13.0. The highest BCUT2D eigenvalue weighted by atomic mass is 16.6. The minimum absolute atomic E-state index is 0.00829. The average molecular weight is 625 g/mol. The number of rotatable bonds is 24. The number of hydrogen-bond acceptors (Lipinski definition) is 6. The van der Waals surface area contributed by atoms with Gasteiger partial charge in [-0.1, -0.05) is 114 Å². The molecule has 2 aromatic rings. The highest BCUT2D eigenvalue weighted by Gasteiger charge is 2.27. The van der Waals surface area contributed by atoms with E-state index in [2.05, 4.69) is 17.6 Å². The van der Waals surface area contributed by atoms with E-state index in [1.165, 1.54) is 76.3 Å². The van der Waals surface area contributed by atoms with Crippen molar-refractivity contribution in [1.82, 2.24) is 0 Å². The summed E-state index contributed by atoms with van der Waals surface area (Å²) in [5.41, 5.74) is 1.32. The number of nitrogens with one attached hydrogen (secondary N) is 2. The van der Waals surface area contributed by atoms with E-state index >= 15 is 0 Å². The third-order valence-corrected chi connectivity index (χ3v) is 7.58. The lowest BCUT2D eigenvalue weighted by molar-refractivity contribution is -0.146. The monoisotopic (exact) mass is 624 g/mol. The summed E-state index contributed by atoms with van der Waals surface area (Å²) in [5, 5.41) is 15.2. The van der Waals surface area contributed by atoms with Gasteiger partial charge in [-0.05, 0) is 37.5 Å². The molecule has 0 saturated heterocycles. The molecule has 0 aliphatic rings. The van der Waals surface area contributed by atoms with E-state index in [1.807, 2.05) is 6.07 Å². The summed E-state index contributed by atoms with van der Waals surface area (Å²) in [6.45, 7) is 3.68. The van der Waals surface area contributed by atoms with Crippen LogP contribution in [-0.2, 0) is 30.3 Å². The van der Waals surface area contributed by atoms with Crippen molar-refractivity contribution in [3.63, 3.8) is 0 Å². The second-order valence-corrected chi connectivity index (χ2v) is 11.4. The lowest BCUT2D eigenvalue weighted by atomic mass is 9.98. The number of carboxylic acids is 1. The molecule has 0 heterocycles. The molecule has 2 rings (SSSR count). The molecule has 45 heavy (non-hydrogen) atoms. The molecule has 0 aromatic heterocycles. The Morgan fingerprint density at radius 3 is 1.93 bits per heavy atom. The normalized spacial score (nSPS) is 11.4. The van der Waals surface area contributed by atoms with Crippen molar-refractivity contribution in [3.8, 4) is 5.75 Å². The van der Waals surface area contributed by atoms with E-state index < -0.39 is 30.4 Å². The van der Waals surface area contributed by atoms with Gasteiger partial charge in [-0.25, -0.2) is 4.79 Å². The number of amides is 2. The van der Waals surface area contributed by atoms with Crippen molar-refractivity contribution in [2.45, 2.75) is 110 Å². The van der Waals surface area contributed by atoms with Crippen LogP contribution < -0.4 is 15.4 Å². The van der Waals surface area contributed by atoms with Crippen molar-refractivity contribution >= 4 is 35.1 Å². The van der Waals surface area contributed by atoms with Gasteiger partial charge in [-0.2, -0.15) is 0 Å². The Morgan fingerprint density at radius 1 is 0.756 bits per heavy atom. The zero-order valence-electron chi connectivity index (χ0n) is 27.1. The zero-order chi connectivity index (χ0) is 32.7. The number of anilines is 2. The Hall–Kier alpha value is -3.88. The first-order chi connectivity index (χ1) is 21.8. The number of carbonyl (C=O) groups is 4. The molecule has 2 aromatic carbocycles. The smallest absolute Gasteiger partial charge is 0.344 e. The molecular formula is C36H52N2O7. The number of ether oxygens (including phenoxy) is 2. The van der Waals surface area contributed by atoms with Gasteiger partial charge < -0.3 is 25.2 Å². The first kappa shape index (κ1) is 37.3. The van der Waals surface area contributed by atoms with Gasteiger partial charge in [-0.15, -0.1) is 0 Å². The van der Waals surface area contributed by atoms with Crippen molar-refractivity contribution in [1.29, 1.82) is 0 Å². The van der Waals surface area contributed by atoms with E-state index in [9.17, 15) is 24.3 Å². The Labute approximate surface area is 268 Å². The summed E-state index contributed by atoms with van der Waals surface area (Å²) in [6, 6.07) is 13.5. The number of benzene rings is 2. The Morgan fingerprint density at radius 2 is 1.36 bits per heavy atom. The summed E-state index contributed by atoms with van der Waals surface area (Å²) < 4.78 is 10.6. The molecule has 3 N–H and O–H groups in total. The van der Waals surface area contributed by atoms with Crippen LogP contribution in [0.1, 0.15) is 109 Å². The Balaban J connectivity index is 1.86. The van der Waals surface area contributed by atoms with Crippen LogP contribution in [-0.4, -0.2) is 42.1 Å². The zero-order valence-corrected chi connectivity index (χ0v) is 27.1. The standard InChI is InChI=1S/C36H52N2O7/c1-3-5-6-7-8-9-10-11-12-13-14-15-19-22-33(39)37-29-23-24-31(32(26-29)45-27-34(40)44-4-2)38-35(41)30(36(42)43)25-28-20-17-16-18-21-28/h16-18,20-21,23-24,26,30H,3-15,19,22,25,27H2,1-2H3,(H,37,39)(H,38,41)(H,42,43). The summed E-state index contributed by atoms with van der Waals surface area (Å²) in [5.74, 6) is -3.96. The molecular weight excluding hydrogens is 572 g/mol. The van der Waals surface area contributed by atoms with Gasteiger partial charge in [0.25, 0.3) is 0 Å². The van der Waals surface area contributed by atoms with Gasteiger partial charge >= 0.3 is 11.9 Å². The number of carbonyl (C=O) groups excluding carboxylic acids is 3. The predicted molar refractivity (Wildman–Crippen MR) is 177 cm³/mol. The van der Waals surface area contributed by atoms with Crippen molar-refractivity contribution in [2.24, 2.45) is 5.92 Å². The number of carboxylic acid groups (broad SMARTS) is 1. The number of unbranched alkanes of at least 4 members (excludes halogenated alkanes) is 12. The fraction of sp³-hybridized carbons (Fsp3) is 0.556.